The molecule has 0 saturated carbocycles. The highest BCUT2D eigenvalue weighted by Gasteiger charge is 2.10. The highest BCUT2D eigenvalue weighted by Crippen LogP contribution is 2.28. The fourth-order valence-electron chi connectivity index (χ4n) is 1.83. The molecule has 9 heteroatoms. The Balaban J connectivity index is 1.98. The number of amidine groups is 1. The number of thioether (sulfide) groups is 1. The number of aryl methyl sites for hydroxylation is 1. The minimum atomic E-state index is 0.550. The smallest absolute Gasteiger partial charge is 0.234 e. The Kier molecular flexibility index (Phi) is 4.04. The molecule has 0 aliphatic rings. The van der Waals surface area contributed by atoms with Gasteiger partial charge in [-0.1, -0.05) is 35.2 Å². The topological polar surface area (TPSA) is 91.3 Å². The van der Waals surface area contributed by atoms with Gasteiger partial charge in [-0.15, -0.1) is 10.2 Å². The van der Waals surface area contributed by atoms with E-state index in [2.05, 4.69) is 25.6 Å². The fourth-order valence-corrected chi connectivity index (χ4v) is 3.06. The summed E-state index contributed by atoms with van der Waals surface area (Å²) in [5, 5.41) is 25.2. The predicted molar refractivity (Wildman–Crippen MR) is 88.2 cm³/mol. The molecule has 3 rings (SSSR count). The lowest BCUT2D eigenvalue weighted by atomic mass is 10.2. The van der Waals surface area contributed by atoms with E-state index in [1.807, 2.05) is 43.6 Å². The third-order valence-electron chi connectivity index (χ3n) is 2.83. The first-order chi connectivity index (χ1) is 10.7. The van der Waals surface area contributed by atoms with Crippen molar-refractivity contribution in [2.24, 2.45) is 4.99 Å². The van der Waals surface area contributed by atoms with Gasteiger partial charge in [0.1, 0.15) is 5.01 Å². The Bertz CT molecular complexity index is 887. The molecule has 2 aromatic heterocycles. The van der Waals surface area contributed by atoms with Crippen molar-refractivity contribution >= 4 is 38.9 Å². The van der Waals surface area contributed by atoms with Crippen LogP contribution in [0, 0.1) is 18.4 Å². The Hall–Kier alpha value is -2.44. The van der Waals surface area contributed by atoms with Gasteiger partial charge in [0.05, 0.1) is 5.69 Å². The zero-order chi connectivity index (χ0) is 15.5. The van der Waals surface area contributed by atoms with E-state index in [0.717, 1.165) is 27.0 Å². The minimum absolute atomic E-state index is 0.550. The summed E-state index contributed by atoms with van der Waals surface area (Å²) < 4.78 is 1.72. The molecule has 3 aromatic rings. The molecule has 110 valence electrons. The van der Waals surface area contributed by atoms with E-state index in [9.17, 15) is 0 Å². The molecule has 1 N–H and O–H groups in total. The lowest BCUT2D eigenvalue weighted by molar-refractivity contribution is 0.898. The summed E-state index contributed by atoms with van der Waals surface area (Å²) in [6.07, 6.45) is 3.74. The van der Waals surface area contributed by atoms with Gasteiger partial charge in [0, 0.05) is 5.56 Å². The maximum atomic E-state index is 8.68. The number of hydrogen-bond donors (Lipinski definition) is 1. The summed E-state index contributed by atoms with van der Waals surface area (Å²) in [5.74, 6) is 0.759. The van der Waals surface area contributed by atoms with Crippen LogP contribution >= 0.6 is 23.1 Å². The number of fused-ring (bicyclic) bond motifs is 1. The Morgan fingerprint density at radius 2 is 2.32 bits per heavy atom. The van der Waals surface area contributed by atoms with Crippen molar-refractivity contribution < 1.29 is 0 Å². The maximum absolute atomic E-state index is 8.68. The molecule has 1 aromatic carbocycles. The molecule has 2 heterocycles. The zero-order valence-corrected chi connectivity index (χ0v) is 13.4. The van der Waals surface area contributed by atoms with Crippen LogP contribution in [0.4, 0.5) is 5.69 Å². The van der Waals surface area contributed by atoms with Gasteiger partial charge >= 0.3 is 0 Å². The van der Waals surface area contributed by atoms with Crippen molar-refractivity contribution in [2.45, 2.75) is 6.92 Å². The summed E-state index contributed by atoms with van der Waals surface area (Å²) in [6.45, 7) is 1.86. The Labute approximate surface area is 134 Å². The number of aromatic nitrogens is 4. The van der Waals surface area contributed by atoms with Gasteiger partial charge in [-0.2, -0.15) is 14.9 Å². The number of rotatable bonds is 2. The first kappa shape index (κ1) is 14.5. The number of aliphatic imine (C=N–C) groups is 1. The number of benzene rings is 1. The van der Waals surface area contributed by atoms with Gasteiger partial charge in [0.25, 0.3) is 0 Å². The van der Waals surface area contributed by atoms with Crippen LogP contribution in [0.1, 0.15) is 5.82 Å². The average Bonchev–Trinajstić information content (AvgIpc) is 3.10. The number of hydrogen-bond acceptors (Lipinski definition) is 7. The average molecular weight is 329 g/mol. The van der Waals surface area contributed by atoms with Gasteiger partial charge in [-0.3, -0.25) is 5.32 Å². The van der Waals surface area contributed by atoms with E-state index in [1.165, 1.54) is 23.1 Å². The molecule has 0 bridgehead atoms. The third kappa shape index (κ3) is 2.79. The zero-order valence-electron chi connectivity index (χ0n) is 11.8. The summed E-state index contributed by atoms with van der Waals surface area (Å²) >= 11 is 2.85. The van der Waals surface area contributed by atoms with Gasteiger partial charge in [-0.25, -0.2) is 4.99 Å². The molecule has 0 unspecified atom stereocenters. The summed E-state index contributed by atoms with van der Waals surface area (Å²) in [4.78, 5) is 5.16. The fraction of sp³-hybridized carbons (Fsp3) is 0.154. The molecule has 0 saturated heterocycles. The van der Waals surface area contributed by atoms with Crippen LogP contribution in [0.25, 0.3) is 15.5 Å². The largest absolute Gasteiger partial charge is 0.271 e. The van der Waals surface area contributed by atoms with Crippen LogP contribution in [0.5, 0.6) is 0 Å². The summed E-state index contributed by atoms with van der Waals surface area (Å²) in [5.41, 5.74) is 1.71. The highest BCUT2D eigenvalue weighted by atomic mass is 32.2. The third-order valence-corrected chi connectivity index (χ3v) is 4.35. The molecule has 7 nitrogen and oxygen atoms in total. The van der Waals surface area contributed by atoms with E-state index in [1.54, 1.807) is 4.52 Å². The summed E-state index contributed by atoms with van der Waals surface area (Å²) in [6, 6.07) is 7.69. The van der Waals surface area contributed by atoms with Crippen LogP contribution in [-0.4, -0.2) is 31.2 Å². The Morgan fingerprint density at radius 3 is 3.05 bits per heavy atom. The molecule has 0 atom stereocenters. The van der Waals surface area contributed by atoms with Gasteiger partial charge in [0.2, 0.25) is 4.96 Å². The van der Waals surface area contributed by atoms with Crippen LogP contribution in [0.3, 0.4) is 0 Å². The standard InChI is InChI=1S/C13H11N7S2/c1-8-17-18-13-20(8)19-11(22-13)9-4-3-5-10(6-9)16-12(21-2)15-7-14/h3-6H,1-2H3,(H,15,16). The van der Waals surface area contributed by atoms with Crippen molar-refractivity contribution in [3.63, 3.8) is 0 Å². The normalized spacial score (nSPS) is 11.6. The number of nitriles is 1. The summed E-state index contributed by atoms with van der Waals surface area (Å²) in [7, 11) is 0. The van der Waals surface area contributed by atoms with Crippen LogP contribution < -0.4 is 5.32 Å². The van der Waals surface area contributed by atoms with E-state index in [-0.39, 0.29) is 0 Å². The molecule has 0 amide bonds. The van der Waals surface area contributed by atoms with Crippen molar-refractivity contribution in [1.82, 2.24) is 25.1 Å². The monoisotopic (exact) mass is 329 g/mol. The molecular weight excluding hydrogens is 318 g/mol. The first-order valence-corrected chi connectivity index (χ1v) is 8.32. The van der Waals surface area contributed by atoms with Crippen molar-refractivity contribution in [3.05, 3.63) is 30.1 Å². The molecule has 0 fully saturated rings. The van der Waals surface area contributed by atoms with Crippen molar-refractivity contribution in [1.29, 1.82) is 5.26 Å². The second-order valence-electron chi connectivity index (χ2n) is 4.26. The van der Waals surface area contributed by atoms with E-state index in [0.29, 0.717) is 5.17 Å². The first-order valence-electron chi connectivity index (χ1n) is 6.28. The SMILES string of the molecule is CSC(=Nc1cccc(-c2nn3c(C)nnc3s2)c1)NC#N. The molecule has 22 heavy (non-hydrogen) atoms. The minimum Gasteiger partial charge on any atom is -0.271 e. The second kappa shape index (κ2) is 6.13. The maximum Gasteiger partial charge on any atom is 0.234 e. The van der Waals surface area contributed by atoms with Gasteiger partial charge < -0.3 is 0 Å². The van der Waals surface area contributed by atoms with Crippen LogP contribution in [0.15, 0.2) is 29.3 Å². The predicted octanol–water partition coefficient (Wildman–Crippen LogP) is 2.58. The van der Waals surface area contributed by atoms with Crippen molar-refractivity contribution in [2.75, 3.05) is 6.26 Å². The van der Waals surface area contributed by atoms with Gasteiger partial charge in [0.15, 0.2) is 17.2 Å². The van der Waals surface area contributed by atoms with Gasteiger partial charge in [-0.05, 0) is 25.3 Å². The highest BCUT2D eigenvalue weighted by molar-refractivity contribution is 8.13. The molecule has 0 spiro atoms. The Morgan fingerprint density at radius 1 is 1.45 bits per heavy atom. The lowest BCUT2D eigenvalue weighted by Gasteiger charge is -2.01. The molecule has 0 radical (unpaired) electrons. The molecular formula is C13H11N7S2. The van der Waals surface area contributed by atoms with E-state index in [4.69, 9.17) is 5.26 Å². The van der Waals surface area contributed by atoms with E-state index >= 15 is 0 Å². The van der Waals surface area contributed by atoms with Crippen molar-refractivity contribution in [3.8, 4) is 16.8 Å². The second-order valence-corrected chi connectivity index (χ2v) is 6.01. The van der Waals surface area contributed by atoms with Crippen LogP contribution in [0.2, 0.25) is 0 Å². The lowest BCUT2D eigenvalue weighted by Crippen LogP contribution is -2.12. The molecule has 0 aliphatic carbocycles. The van der Waals surface area contributed by atoms with E-state index < -0.39 is 0 Å². The van der Waals surface area contributed by atoms with Crippen LogP contribution in [-0.2, 0) is 0 Å². The molecule has 0 aliphatic heterocycles. The number of nitrogens with zero attached hydrogens (tertiary/aromatic N) is 6. The number of nitrogens with one attached hydrogen (secondary N) is 1. The quantitative estimate of drug-likeness (QED) is 0.336.